The number of amides is 1. The number of carbonyl (C=O) groups is 1. The van der Waals surface area contributed by atoms with E-state index in [2.05, 4.69) is 10.1 Å². The molecule has 1 aliphatic heterocycles. The van der Waals surface area contributed by atoms with Gasteiger partial charge in [-0.1, -0.05) is 28.9 Å². The van der Waals surface area contributed by atoms with Gasteiger partial charge < -0.3 is 9.42 Å². The van der Waals surface area contributed by atoms with Crippen LogP contribution in [0.3, 0.4) is 0 Å². The summed E-state index contributed by atoms with van der Waals surface area (Å²) in [6.45, 7) is 2.62. The van der Waals surface area contributed by atoms with E-state index in [9.17, 15) is 4.79 Å². The zero-order valence-electron chi connectivity index (χ0n) is 12.6. The van der Waals surface area contributed by atoms with Crippen LogP contribution in [-0.2, 0) is 4.79 Å². The van der Waals surface area contributed by atoms with Crippen molar-refractivity contribution < 1.29 is 9.32 Å². The van der Waals surface area contributed by atoms with Crippen LogP contribution in [-0.4, -0.2) is 22.6 Å². The van der Waals surface area contributed by atoms with E-state index in [0.29, 0.717) is 24.7 Å². The van der Waals surface area contributed by atoms with E-state index in [-0.39, 0.29) is 11.8 Å². The third-order valence-electron chi connectivity index (χ3n) is 4.01. The SMILES string of the molecule is Cc1ccc(N2C[C@H](c3noc(-c4cccs4)n3)CC2=O)cc1. The normalized spacial score (nSPS) is 17.9. The van der Waals surface area contributed by atoms with Gasteiger partial charge in [-0.3, -0.25) is 4.79 Å². The van der Waals surface area contributed by atoms with Gasteiger partial charge >= 0.3 is 0 Å². The fourth-order valence-corrected chi connectivity index (χ4v) is 3.40. The highest BCUT2D eigenvalue weighted by Crippen LogP contribution is 2.32. The Morgan fingerprint density at radius 3 is 2.83 bits per heavy atom. The first-order valence-electron chi connectivity index (χ1n) is 7.45. The van der Waals surface area contributed by atoms with Gasteiger partial charge in [0.1, 0.15) is 0 Å². The molecule has 0 bridgehead atoms. The van der Waals surface area contributed by atoms with Gasteiger partial charge in [-0.25, -0.2) is 0 Å². The van der Waals surface area contributed by atoms with Crippen molar-refractivity contribution >= 4 is 22.9 Å². The van der Waals surface area contributed by atoms with Crippen molar-refractivity contribution in [1.82, 2.24) is 10.1 Å². The molecule has 1 amide bonds. The van der Waals surface area contributed by atoms with Crippen molar-refractivity contribution in [3.63, 3.8) is 0 Å². The Morgan fingerprint density at radius 2 is 2.09 bits per heavy atom. The molecule has 1 fully saturated rings. The Morgan fingerprint density at radius 1 is 1.26 bits per heavy atom. The summed E-state index contributed by atoms with van der Waals surface area (Å²) >= 11 is 1.56. The average Bonchev–Trinajstić information content (AvgIpc) is 3.27. The Bertz CT molecular complexity index is 824. The molecule has 23 heavy (non-hydrogen) atoms. The minimum atomic E-state index is -0.0266. The lowest BCUT2D eigenvalue weighted by molar-refractivity contribution is -0.117. The van der Waals surface area contributed by atoms with Crippen LogP contribution >= 0.6 is 11.3 Å². The predicted molar refractivity (Wildman–Crippen MR) is 88.5 cm³/mol. The predicted octanol–water partition coefficient (Wildman–Crippen LogP) is 3.63. The van der Waals surface area contributed by atoms with Crippen molar-refractivity contribution in [3.05, 3.63) is 53.2 Å². The van der Waals surface area contributed by atoms with Gasteiger partial charge in [0, 0.05) is 24.6 Å². The summed E-state index contributed by atoms with van der Waals surface area (Å²) in [6, 6.07) is 11.9. The maximum absolute atomic E-state index is 12.3. The maximum atomic E-state index is 12.3. The van der Waals surface area contributed by atoms with Crippen molar-refractivity contribution in [2.75, 3.05) is 11.4 Å². The van der Waals surface area contributed by atoms with Crippen LogP contribution in [0.5, 0.6) is 0 Å². The van der Waals surface area contributed by atoms with Gasteiger partial charge in [0.15, 0.2) is 5.82 Å². The largest absolute Gasteiger partial charge is 0.333 e. The molecule has 2 aromatic heterocycles. The highest BCUT2D eigenvalue weighted by atomic mass is 32.1. The monoisotopic (exact) mass is 325 g/mol. The number of rotatable bonds is 3. The van der Waals surface area contributed by atoms with E-state index in [1.807, 2.05) is 48.7 Å². The second-order valence-corrected chi connectivity index (χ2v) is 6.62. The second-order valence-electron chi connectivity index (χ2n) is 5.68. The van der Waals surface area contributed by atoms with Crippen molar-refractivity contribution in [3.8, 4) is 10.8 Å². The standard InChI is InChI=1S/C17H15N3O2S/c1-11-4-6-13(7-5-11)20-10-12(9-15(20)21)16-18-17(22-19-16)14-3-2-8-23-14/h2-8,12H,9-10H2,1H3/t12-/m1/s1. The van der Waals surface area contributed by atoms with Gasteiger partial charge in [-0.2, -0.15) is 4.98 Å². The van der Waals surface area contributed by atoms with E-state index in [1.54, 1.807) is 16.2 Å². The van der Waals surface area contributed by atoms with Crippen LogP contribution < -0.4 is 4.90 Å². The summed E-state index contributed by atoms with van der Waals surface area (Å²) in [6.07, 6.45) is 0.414. The van der Waals surface area contributed by atoms with Crippen molar-refractivity contribution in [1.29, 1.82) is 0 Å². The van der Waals surface area contributed by atoms with Crippen LogP contribution in [0.2, 0.25) is 0 Å². The summed E-state index contributed by atoms with van der Waals surface area (Å²) in [7, 11) is 0. The van der Waals surface area contributed by atoms with Gasteiger partial charge in [-0.15, -0.1) is 11.3 Å². The van der Waals surface area contributed by atoms with Gasteiger partial charge in [-0.05, 0) is 30.5 Å². The number of anilines is 1. The molecular formula is C17H15N3O2S. The molecule has 6 heteroatoms. The van der Waals surface area contributed by atoms with Gasteiger partial charge in [0.25, 0.3) is 5.89 Å². The van der Waals surface area contributed by atoms with Crippen LogP contribution in [0.15, 0.2) is 46.3 Å². The number of nitrogens with zero attached hydrogens (tertiary/aromatic N) is 3. The molecule has 1 saturated heterocycles. The maximum Gasteiger partial charge on any atom is 0.267 e. The molecule has 5 nitrogen and oxygen atoms in total. The van der Waals surface area contributed by atoms with E-state index >= 15 is 0 Å². The molecule has 0 aliphatic carbocycles. The van der Waals surface area contributed by atoms with E-state index in [1.165, 1.54) is 5.56 Å². The van der Waals surface area contributed by atoms with E-state index < -0.39 is 0 Å². The molecule has 1 atom stereocenters. The van der Waals surface area contributed by atoms with E-state index in [0.717, 1.165) is 10.6 Å². The summed E-state index contributed by atoms with van der Waals surface area (Å²) < 4.78 is 5.33. The van der Waals surface area contributed by atoms with E-state index in [4.69, 9.17) is 4.52 Å². The summed E-state index contributed by atoms with van der Waals surface area (Å²) in [5.41, 5.74) is 2.10. The van der Waals surface area contributed by atoms with Crippen LogP contribution in [0.4, 0.5) is 5.69 Å². The smallest absolute Gasteiger partial charge is 0.267 e. The zero-order chi connectivity index (χ0) is 15.8. The van der Waals surface area contributed by atoms with Crippen LogP contribution in [0.1, 0.15) is 23.7 Å². The number of thiophene rings is 1. The lowest BCUT2D eigenvalue weighted by Crippen LogP contribution is -2.24. The zero-order valence-corrected chi connectivity index (χ0v) is 13.4. The van der Waals surface area contributed by atoms with Gasteiger partial charge in [0.05, 0.1) is 4.88 Å². The molecule has 3 aromatic rings. The molecule has 1 aromatic carbocycles. The number of aryl methyl sites for hydroxylation is 1. The molecule has 3 heterocycles. The number of hydrogen-bond donors (Lipinski definition) is 0. The van der Waals surface area contributed by atoms with Crippen molar-refractivity contribution in [2.45, 2.75) is 19.3 Å². The number of aromatic nitrogens is 2. The van der Waals surface area contributed by atoms with Crippen LogP contribution in [0, 0.1) is 6.92 Å². The van der Waals surface area contributed by atoms with Crippen LogP contribution in [0.25, 0.3) is 10.8 Å². The highest BCUT2D eigenvalue weighted by Gasteiger charge is 2.34. The molecule has 116 valence electrons. The third kappa shape index (κ3) is 2.66. The molecule has 0 spiro atoms. The molecule has 0 radical (unpaired) electrons. The van der Waals surface area contributed by atoms with Gasteiger partial charge in [0.2, 0.25) is 5.91 Å². The molecule has 4 rings (SSSR count). The molecule has 0 saturated carbocycles. The average molecular weight is 325 g/mol. The number of hydrogen-bond acceptors (Lipinski definition) is 5. The molecular weight excluding hydrogens is 310 g/mol. The lowest BCUT2D eigenvalue weighted by Gasteiger charge is -2.16. The lowest BCUT2D eigenvalue weighted by atomic mass is 10.1. The second kappa shape index (κ2) is 5.62. The molecule has 0 N–H and O–H groups in total. The minimum Gasteiger partial charge on any atom is -0.333 e. The Kier molecular flexibility index (Phi) is 3.46. The summed E-state index contributed by atoms with van der Waals surface area (Å²) in [4.78, 5) is 19.5. The molecule has 0 unspecified atom stereocenters. The Labute approximate surface area is 137 Å². The quantitative estimate of drug-likeness (QED) is 0.738. The fourth-order valence-electron chi connectivity index (χ4n) is 2.76. The summed E-state index contributed by atoms with van der Waals surface area (Å²) in [5.74, 6) is 1.20. The summed E-state index contributed by atoms with van der Waals surface area (Å²) in [5, 5.41) is 6.04. The first-order chi connectivity index (χ1) is 11.2. The number of benzene rings is 1. The first kappa shape index (κ1) is 14.1. The highest BCUT2D eigenvalue weighted by molar-refractivity contribution is 7.13. The number of carbonyl (C=O) groups excluding carboxylic acids is 1. The topological polar surface area (TPSA) is 59.2 Å². The van der Waals surface area contributed by atoms with Crippen molar-refractivity contribution in [2.24, 2.45) is 0 Å². The molecule has 1 aliphatic rings. The minimum absolute atomic E-state index is 0.0266. The fraction of sp³-hybridized carbons (Fsp3) is 0.235. The first-order valence-corrected chi connectivity index (χ1v) is 8.33. The Hall–Kier alpha value is -2.47. The third-order valence-corrected chi connectivity index (χ3v) is 4.87. The Balaban J connectivity index is 1.55.